The van der Waals surface area contributed by atoms with Crippen molar-refractivity contribution in [2.75, 3.05) is 32.8 Å². The van der Waals surface area contributed by atoms with Gasteiger partial charge in [0.2, 0.25) is 0 Å². The van der Waals surface area contributed by atoms with Crippen LogP contribution in [-0.2, 0) is 11.3 Å². The third-order valence-corrected chi connectivity index (χ3v) is 7.15. The van der Waals surface area contributed by atoms with Gasteiger partial charge in [0.05, 0.1) is 18.6 Å². The van der Waals surface area contributed by atoms with Gasteiger partial charge in [-0.1, -0.05) is 6.92 Å². The lowest BCUT2D eigenvalue weighted by Crippen LogP contribution is -2.66. The fourth-order valence-corrected chi connectivity index (χ4v) is 5.21. The number of rotatable bonds is 5. The number of hydrogen-bond acceptors (Lipinski definition) is 6. The van der Waals surface area contributed by atoms with Crippen LogP contribution in [0, 0.1) is 11.3 Å². The van der Waals surface area contributed by atoms with Gasteiger partial charge in [-0.3, -0.25) is 14.2 Å². The van der Waals surface area contributed by atoms with Gasteiger partial charge in [0, 0.05) is 43.8 Å². The fourth-order valence-electron chi connectivity index (χ4n) is 5.21. The SMILES string of the molecule is C[C@H]1CC[C@@H](NC(=O)c2c(O)c3cccnc3n(CCN3CC4(COC4)C3)c2=O)CC1. The van der Waals surface area contributed by atoms with Crippen molar-refractivity contribution in [2.45, 2.75) is 45.2 Å². The summed E-state index contributed by atoms with van der Waals surface area (Å²) in [6.45, 7) is 6.91. The summed E-state index contributed by atoms with van der Waals surface area (Å²) < 4.78 is 6.86. The van der Waals surface area contributed by atoms with Crippen LogP contribution in [0.2, 0.25) is 0 Å². The summed E-state index contributed by atoms with van der Waals surface area (Å²) in [5.41, 5.74) is 0.0671. The topological polar surface area (TPSA) is 96.7 Å². The third kappa shape index (κ3) is 3.72. The van der Waals surface area contributed by atoms with Gasteiger partial charge in [0.15, 0.2) is 0 Å². The van der Waals surface area contributed by atoms with E-state index in [1.54, 1.807) is 18.3 Å². The molecule has 0 unspecified atom stereocenters. The summed E-state index contributed by atoms with van der Waals surface area (Å²) >= 11 is 0. The first-order valence-electron chi connectivity index (χ1n) is 11.3. The van der Waals surface area contributed by atoms with Crippen molar-refractivity contribution in [3.05, 3.63) is 34.2 Å². The minimum atomic E-state index is -0.490. The third-order valence-electron chi connectivity index (χ3n) is 7.15. The number of carbonyl (C=O) groups excluding carboxylic acids is 1. The predicted octanol–water partition coefficient (Wildman–Crippen LogP) is 1.74. The average molecular weight is 427 g/mol. The number of fused-ring (bicyclic) bond motifs is 1. The van der Waals surface area contributed by atoms with Crippen LogP contribution in [0.5, 0.6) is 5.75 Å². The molecule has 2 aromatic rings. The maximum Gasteiger partial charge on any atom is 0.268 e. The van der Waals surface area contributed by atoms with E-state index in [2.05, 4.69) is 22.1 Å². The van der Waals surface area contributed by atoms with Crippen LogP contribution in [0.3, 0.4) is 0 Å². The number of amides is 1. The molecule has 0 atom stereocenters. The van der Waals surface area contributed by atoms with Crippen LogP contribution in [-0.4, -0.2) is 64.4 Å². The van der Waals surface area contributed by atoms with Gasteiger partial charge in [-0.25, -0.2) is 4.98 Å². The molecule has 0 bridgehead atoms. The summed E-state index contributed by atoms with van der Waals surface area (Å²) in [5, 5.41) is 14.2. The van der Waals surface area contributed by atoms with E-state index >= 15 is 0 Å². The minimum absolute atomic E-state index is 0.0440. The fraction of sp³-hybridized carbons (Fsp3) is 0.609. The van der Waals surface area contributed by atoms with Gasteiger partial charge in [-0.2, -0.15) is 0 Å². The first kappa shape index (κ1) is 20.5. The van der Waals surface area contributed by atoms with Crippen molar-refractivity contribution in [3.8, 4) is 5.75 Å². The quantitative estimate of drug-likeness (QED) is 0.756. The number of pyridine rings is 2. The molecule has 8 heteroatoms. The van der Waals surface area contributed by atoms with E-state index in [1.165, 1.54) is 4.57 Å². The Bertz CT molecular complexity index is 1050. The van der Waals surface area contributed by atoms with Crippen molar-refractivity contribution in [1.82, 2.24) is 19.8 Å². The highest BCUT2D eigenvalue weighted by Crippen LogP contribution is 2.37. The Labute approximate surface area is 181 Å². The summed E-state index contributed by atoms with van der Waals surface area (Å²) in [4.78, 5) is 33.0. The standard InChI is InChI=1S/C23H30N4O4/c1-15-4-6-16(7-5-15)25-21(29)18-19(28)17-3-2-8-24-20(17)27(22(18)30)10-9-26-11-23(12-26)13-31-14-23/h2-3,8,15-16,28H,4-7,9-14H2,1H3,(H,25,29)/t15-,16+. The molecule has 2 N–H and O–H groups in total. The molecule has 3 aliphatic rings. The molecule has 166 valence electrons. The highest BCUT2D eigenvalue weighted by atomic mass is 16.5. The maximum absolute atomic E-state index is 13.3. The summed E-state index contributed by atoms with van der Waals surface area (Å²) in [6.07, 6.45) is 5.52. The number of likely N-dealkylation sites (tertiary alicyclic amines) is 1. The number of nitrogens with zero attached hydrogens (tertiary/aromatic N) is 3. The molecule has 2 aromatic heterocycles. The lowest BCUT2D eigenvalue weighted by molar-refractivity contribution is -0.189. The van der Waals surface area contributed by atoms with Crippen LogP contribution in [0.1, 0.15) is 43.0 Å². The van der Waals surface area contributed by atoms with E-state index < -0.39 is 11.5 Å². The van der Waals surface area contributed by atoms with Gasteiger partial charge in [-0.05, 0) is 43.7 Å². The van der Waals surface area contributed by atoms with Gasteiger partial charge in [-0.15, -0.1) is 0 Å². The molecule has 8 nitrogen and oxygen atoms in total. The van der Waals surface area contributed by atoms with Crippen LogP contribution in [0.15, 0.2) is 23.1 Å². The Morgan fingerprint density at radius 3 is 2.68 bits per heavy atom. The zero-order valence-electron chi connectivity index (χ0n) is 18.0. The molecule has 0 radical (unpaired) electrons. The molecule has 0 aromatic carbocycles. The summed E-state index contributed by atoms with van der Waals surface area (Å²) in [5.74, 6) is -0.103. The summed E-state index contributed by atoms with van der Waals surface area (Å²) in [6, 6.07) is 3.45. The number of nitrogens with one attached hydrogen (secondary N) is 1. The second-order valence-corrected chi connectivity index (χ2v) is 9.69. The first-order chi connectivity index (χ1) is 15.0. The molecule has 2 aliphatic heterocycles. The van der Waals surface area contributed by atoms with E-state index in [0.717, 1.165) is 52.0 Å². The number of aromatic hydroxyl groups is 1. The number of carbonyl (C=O) groups is 1. The molecule has 5 rings (SSSR count). The molecular weight excluding hydrogens is 396 g/mol. The molecule has 1 spiro atoms. The molecule has 4 heterocycles. The Morgan fingerprint density at radius 2 is 2.00 bits per heavy atom. The Hall–Kier alpha value is -2.45. The molecule has 1 aliphatic carbocycles. The number of hydrogen-bond donors (Lipinski definition) is 2. The van der Waals surface area contributed by atoms with Crippen LogP contribution in [0.25, 0.3) is 11.0 Å². The van der Waals surface area contributed by atoms with E-state index in [0.29, 0.717) is 35.5 Å². The first-order valence-corrected chi connectivity index (χ1v) is 11.3. The van der Waals surface area contributed by atoms with Crippen molar-refractivity contribution in [3.63, 3.8) is 0 Å². The molecular formula is C23H30N4O4. The zero-order chi connectivity index (χ0) is 21.6. The van der Waals surface area contributed by atoms with Crippen LogP contribution < -0.4 is 10.9 Å². The largest absolute Gasteiger partial charge is 0.506 e. The normalized spacial score (nSPS) is 25.2. The van der Waals surface area contributed by atoms with Crippen LogP contribution in [0.4, 0.5) is 0 Å². The molecule has 1 saturated carbocycles. The van der Waals surface area contributed by atoms with E-state index in [1.807, 2.05) is 0 Å². The second kappa shape index (κ2) is 7.91. The second-order valence-electron chi connectivity index (χ2n) is 9.69. The number of aromatic nitrogens is 2. The van der Waals surface area contributed by atoms with Crippen LogP contribution >= 0.6 is 0 Å². The van der Waals surface area contributed by atoms with E-state index in [4.69, 9.17) is 4.74 Å². The van der Waals surface area contributed by atoms with Gasteiger partial charge in [0.1, 0.15) is 17.0 Å². The van der Waals surface area contributed by atoms with E-state index in [-0.39, 0.29) is 17.4 Å². The molecule has 3 fully saturated rings. The van der Waals surface area contributed by atoms with Gasteiger partial charge in [0.25, 0.3) is 11.5 Å². The lowest BCUT2D eigenvalue weighted by atomic mass is 9.78. The average Bonchev–Trinajstić information content (AvgIpc) is 2.69. The summed E-state index contributed by atoms with van der Waals surface area (Å²) in [7, 11) is 0. The minimum Gasteiger partial charge on any atom is -0.506 e. The monoisotopic (exact) mass is 426 g/mol. The Morgan fingerprint density at radius 1 is 1.26 bits per heavy atom. The number of ether oxygens (including phenoxy) is 1. The Kier molecular flexibility index (Phi) is 5.22. The van der Waals surface area contributed by atoms with E-state index in [9.17, 15) is 14.7 Å². The van der Waals surface area contributed by atoms with Gasteiger partial charge < -0.3 is 20.1 Å². The lowest BCUT2D eigenvalue weighted by Gasteiger charge is -2.55. The molecule has 2 saturated heterocycles. The zero-order valence-corrected chi connectivity index (χ0v) is 18.0. The van der Waals surface area contributed by atoms with Crippen molar-refractivity contribution >= 4 is 16.9 Å². The highest BCUT2D eigenvalue weighted by molar-refractivity contribution is 6.01. The predicted molar refractivity (Wildman–Crippen MR) is 116 cm³/mol. The van der Waals surface area contributed by atoms with Crippen molar-refractivity contribution in [1.29, 1.82) is 0 Å². The van der Waals surface area contributed by atoms with Crippen molar-refractivity contribution < 1.29 is 14.6 Å². The molecule has 1 amide bonds. The Balaban J connectivity index is 1.40. The molecule has 31 heavy (non-hydrogen) atoms. The van der Waals surface area contributed by atoms with Gasteiger partial charge >= 0.3 is 0 Å². The maximum atomic E-state index is 13.3. The van der Waals surface area contributed by atoms with Crippen molar-refractivity contribution in [2.24, 2.45) is 11.3 Å². The smallest absolute Gasteiger partial charge is 0.268 e. The highest BCUT2D eigenvalue weighted by Gasteiger charge is 2.48.